The molecule has 2 N–H and O–H groups in total. The Balaban J connectivity index is 1.86. The van der Waals surface area contributed by atoms with Crippen molar-refractivity contribution in [3.05, 3.63) is 70.9 Å². The van der Waals surface area contributed by atoms with Crippen LogP contribution in [0.3, 0.4) is 0 Å². The summed E-state index contributed by atoms with van der Waals surface area (Å²) in [6.07, 6.45) is 1.40. The number of ether oxygens (including phenoxy) is 2. The van der Waals surface area contributed by atoms with Gasteiger partial charge in [0.2, 0.25) is 5.95 Å². The van der Waals surface area contributed by atoms with Crippen LogP contribution in [0.15, 0.2) is 59.7 Å². The molecule has 0 amide bonds. The van der Waals surface area contributed by atoms with Crippen LogP contribution in [0, 0.1) is 0 Å². The molecule has 0 atom stereocenters. The Labute approximate surface area is 163 Å². The second-order valence-corrected chi connectivity index (χ2v) is 5.92. The van der Waals surface area contributed by atoms with Crippen LogP contribution < -0.4 is 26.0 Å². The van der Waals surface area contributed by atoms with E-state index in [0.717, 1.165) is 5.56 Å². The van der Waals surface area contributed by atoms with Crippen molar-refractivity contribution < 1.29 is 9.47 Å². The Kier molecular flexibility index (Phi) is 6.23. The van der Waals surface area contributed by atoms with Gasteiger partial charge in [-0.25, -0.2) is 15.6 Å². The minimum absolute atomic E-state index is 0.154. The molecule has 28 heavy (non-hydrogen) atoms. The topological polar surface area (TPSA) is 95.5 Å². The van der Waals surface area contributed by atoms with Gasteiger partial charge in [-0.15, -0.1) is 0 Å². The first-order valence-corrected chi connectivity index (χ1v) is 9.04. The zero-order chi connectivity index (χ0) is 19.9. The van der Waals surface area contributed by atoms with Gasteiger partial charge in [-0.3, -0.25) is 9.58 Å². The third-order valence-electron chi connectivity index (χ3n) is 3.95. The maximum Gasteiger partial charge on any atom is 0.356 e. The highest BCUT2D eigenvalue weighted by Crippen LogP contribution is 2.29. The van der Waals surface area contributed by atoms with Crippen molar-refractivity contribution in [3.8, 4) is 17.2 Å². The molecule has 1 heterocycles. The lowest BCUT2D eigenvalue weighted by Gasteiger charge is -2.17. The molecule has 0 aliphatic heterocycles. The Morgan fingerprint density at radius 2 is 1.75 bits per heavy atom. The van der Waals surface area contributed by atoms with Crippen LogP contribution in [-0.2, 0) is 6.54 Å². The van der Waals surface area contributed by atoms with Gasteiger partial charge in [0, 0.05) is 6.07 Å². The molecule has 8 heteroatoms. The lowest BCUT2D eigenvalue weighted by atomic mass is 10.2. The van der Waals surface area contributed by atoms with Gasteiger partial charge < -0.3 is 9.47 Å². The predicted octanol–water partition coefficient (Wildman–Crippen LogP) is 2.31. The Hall–Kier alpha value is -3.39. The van der Waals surface area contributed by atoms with Gasteiger partial charge in [0.05, 0.1) is 25.4 Å². The Morgan fingerprint density at radius 3 is 2.43 bits per heavy atom. The molecule has 0 aliphatic carbocycles. The van der Waals surface area contributed by atoms with Gasteiger partial charge >= 0.3 is 5.69 Å². The first-order chi connectivity index (χ1) is 13.6. The van der Waals surface area contributed by atoms with E-state index in [-0.39, 0.29) is 5.95 Å². The van der Waals surface area contributed by atoms with Crippen molar-refractivity contribution in [2.75, 3.05) is 18.2 Å². The molecule has 0 unspecified atom stereocenters. The molecule has 146 valence electrons. The normalized spacial score (nSPS) is 10.5. The van der Waals surface area contributed by atoms with Gasteiger partial charge in [0.25, 0.3) is 0 Å². The molecular weight excluding hydrogens is 358 g/mol. The fourth-order valence-electron chi connectivity index (χ4n) is 2.68. The fourth-order valence-corrected chi connectivity index (χ4v) is 2.68. The zero-order valence-corrected chi connectivity index (χ0v) is 15.9. The summed E-state index contributed by atoms with van der Waals surface area (Å²) in [6, 6.07) is 14.9. The van der Waals surface area contributed by atoms with Crippen LogP contribution in [-0.4, -0.2) is 27.7 Å². The summed E-state index contributed by atoms with van der Waals surface area (Å²) < 4.78 is 12.5. The van der Waals surface area contributed by atoms with E-state index in [1.54, 1.807) is 18.2 Å². The minimum Gasteiger partial charge on any atom is -0.490 e. The number of nitrogens with two attached hydrogens (primary N) is 1. The van der Waals surface area contributed by atoms with Crippen molar-refractivity contribution in [3.63, 3.8) is 0 Å². The van der Waals surface area contributed by atoms with Crippen molar-refractivity contribution in [2.24, 2.45) is 5.84 Å². The van der Waals surface area contributed by atoms with Crippen LogP contribution in [0.5, 0.6) is 11.5 Å². The molecule has 3 aromatic rings. The summed E-state index contributed by atoms with van der Waals surface area (Å²) >= 11 is 0. The van der Waals surface area contributed by atoms with E-state index in [2.05, 4.69) is 9.97 Å². The minimum atomic E-state index is -0.486. The van der Waals surface area contributed by atoms with Gasteiger partial charge in [-0.1, -0.05) is 30.3 Å². The summed E-state index contributed by atoms with van der Waals surface area (Å²) in [5.41, 5.74) is 1.08. The summed E-state index contributed by atoms with van der Waals surface area (Å²) in [6.45, 7) is 5.17. The molecular formula is C20H23N5O3. The highest BCUT2D eigenvalue weighted by molar-refractivity contribution is 5.49. The number of hydrogen-bond acceptors (Lipinski definition) is 7. The fraction of sp³-hybridized carbons (Fsp3) is 0.250. The molecule has 0 radical (unpaired) electrons. The van der Waals surface area contributed by atoms with E-state index < -0.39 is 5.69 Å². The van der Waals surface area contributed by atoms with Crippen LogP contribution in [0.1, 0.15) is 19.4 Å². The van der Waals surface area contributed by atoms with E-state index in [1.165, 1.54) is 15.9 Å². The molecule has 0 fully saturated rings. The van der Waals surface area contributed by atoms with E-state index >= 15 is 0 Å². The predicted molar refractivity (Wildman–Crippen MR) is 107 cm³/mol. The van der Waals surface area contributed by atoms with Crippen LogP contribution >= 0.6 is 0 Å². The summed E-state index contributed by atoms with van der Waals surface area (Å²) in [4.78, 5) is 20.8. The average molecular weight is 381 g/mol. The molecule has 0 spiro atoms. The van der Waals surface area contributed by atoms with Crippen LogP contribution in [0.2, 0.25) is 0 Å². The zero-order valence-electron chi connectivity index (χ0n) is 15.9. The van der Waals surface area contributed by atoms with Gasteiger partial charge in [0.15, 0.2) is 11.5 Å². The van der Waals surface area contributed by atoms with E-state index in [9.17, 15) is 4.79 Å². The second-order valence-electron chi connectivity index (χ2n) is 5.92. The van der Waals surface area contributed by atoms with Gasteiger partial charge in [0.1, 0.15) is 6.33 Å². The SMILES string of the molecule is CCOc1ccc(-n2cnc(N(N)Cc3ccccc3)nc2=O)cc1OCC. The quantitative estimate of drug-likeness (QED) is 0.472. The standard InChI is InChI=1S/C20H23N5O3/c1-3-27-17-11-10-16(12-18(17)28-4-2)24-14-22-19(23-20(24)26)25(21)13-15-8-6-5-7-9-15/h5-12,14H,3-4,13,21H2,1-2H3. The van der Waals surface area contributed by atoms with E-state index in [0.29, 0.717) is 36.9 Å². The number of benzene rings is 2. The van der Waals surface area contributed by atoms with Crippen molar-refractivity contribution >= 4 is 5.95 Å². The Morgan fingerprint density at radius 1 is 1.04 bits per heavy atom. The summed E-state index contributed by atoms with van der Waals surface area (Å²) in [5, 5.41) is 1.34. The lowest BCUT2D eigenvalue weighted by Crippen LogP contribution is -2.35. The molecule has 8 nitrogen and oxygen atoms in total. The number of hydrazine groups is 1. The highest BCUT2D eigenvalue weighted by Gasteiger charge is 2.12. The third kappa shape index (κ3) is 4.47. The average Bonchev–Trinajstić information content (AvgIpc) is 2.70. The summed E-state index contributed by atoms with van der Waals surface area (Å²) in [5.74, 6) is 7.36. The highest BCUT2D eigenvalue weighted by atomic mass is 16.5. The molecule has 1 aromatic heterocycles. The number of anilines is 1. The number of rotatable bonds is 8. The molecule has 2 aromatic carbocycles. The molecule has 3 rings (SSSR count). The van der Waals surface area contributed by atoms with Crippen LogP contribution in [0.4, 0.5) is 5.95 Å². The third-order valence-corrected chi connectivity index (χ3v) is 3.95. The van der Waals surface area contributed by atoms with Crippen molar-refractivity contribution in [2.45, 2.75) is 20.4 Å². The lowest BCUT2D eigenvalue weighted by molar-refractivity contribution is 0.287. The first kappa shape index (κ1) is 19.4. The van der Waals surface area contributed by atoms with Crippen LogP contribution in [0.25, 0.3) is 5.69 Å². The maximum absolute atomic E-state index is 12.5. The van der Waals surface area contributed by atoms with Gasteiger partial charge in [-0.05, 0) is 31.5 Å². The number of nitrogens with zero attached hydrogens (tertiary/aromatic N) is 4. The van der Waals surface area contributed by atoms with Gasteiger partial charge in [-0.2, -0.15) is 4.98 Å². The van der Waals surface area contributed by atoms with Crippen molar-refractivity contribution in [1.29, 1.82) is 0 Å². The van der Waals surface area contributed by atoms with Crippen molar-refractivity contribution in [1.82, 2.24) is 14.5 Å². The number of aromatic nitrogens is 3. The second kappa shape index (κ2) is 9.01. The largest absolute Gasteiger partial charge is 0.490 e. The molecule has 0 saturated carbocycles. The Bertz CT molecular complexity index is 975. The molecule has 0 aliphatic rings. The smallest absolute Gasteiger partial charge is 0.356 e. The monoisotopic (exact) mass is 381 g/mol. The van der Waals surface area contributed by atoms with E-state index in [1.807, 2.05) is 44.2 Å². The molecule has 0 bridgehead atoms. The molecule has 0 saturated heterocycles. The summed E-state index contributed by atoms with van der Waals surface area (Å²) in [7, 11) is 0. The maximum atomic E-state index is 12.5. The first-order valence-electron chi connectivity index (χ1n) is 9.04. The number of hydrogen-bond donors (Lipinski definition) is 1. The van der Waals surface area contributed by atoms with E-state index in [4.69, 9.17) is 15.3 Å².